The number of imidazole rings is 1. The largest absolute Gasteiger partial charge is 0.398 e. The molecule has 0 aliphatic carbocycles. The molecule has 2 heterocycles. The molecule has 0 saturated heterocycles. The Morgan fingerprint density at radius 3 is 2.69 bits per heavy atom. The molecule has 8 heteroatoms. The highest BCUT2D eigenvalue weighted by Crippen LogP contribution is 2.22. The van der Waals surface area contributed by atoms with E-state index in [1.54, 1.807) is 20.2 Å². The molecule has 0 unspecified atom stereocenters. The maximum atomic E-state index is 9.92. The predicted molar refractivity (Wildman–Crippen MR) is 104 cm³/mol. The molecule has 8 nitrogen and oxygen atoms in total. The molecule has 1 aromatic carbocycles. The molecule has 3 rings (SSSR count). The molecule has 0 radical (unpaired) electrons. The summed E-state index contributed by atoms with van der Waals surface area (Å²) in [5, 5.41) is 16.3. The Labute approximate surface area is 152 Å². The molecule has 0 fully saturated rings. The molecule has 0 bridgehead atoms. The van der Waals surface area contributed by atoms with Crippen molar-refractivity contribution in [3.05, 3.63) is 35.7 Å². The van der Waals surface area contributed by atoms with Crippen molar-refractivity contribution in [3.8, 4) is 0 Å². The lowest BCUT2D eigenvalue weighted by Crippen LogP contribution is -2.30. The molecule has 138 valence electrons. The number of rotatable bonds is 6. The van der Waals surface area contributed by atoms with Crippen LogP contribution in [-0.4, -0.2) is 36.8 Å². The third-order valence-corrected chi connectivity index (χ3v) is 3.99. The van der Waals surface area contributed by atoms with E-state index in [0.29, 0.717) is 36.0 Å². The number of hydrogen-bond acceptors (Lipinski definition) is 7. The molecule has 0 aliphatic heterocycles. The maximum absolute atomic E-state index is 9.92. The summed E-state index contributed by atoms with van der Waals surface area (Å²) >= 11 is 0. The van der Waals surface area contributed by atoms with E-state index in [1.807, 2.05) is 36.7 Å². The highest BCUT2D eigenvalue weighted by Gasteiger charge is 2.16. The third-order valence-electron chi connectivity index (χ3n) is 3.99. The van der Waals surface area contributed by atoms with Gasteiger partial charge in [0.1, 0.15) is 0 Å². The van der Waals surface area contributed by atoms with Crippen LogP contribution in [0, 0.1) is 6.92 Å². The predicted octanol–water partition coefficient (Wildman–Crippen LogP) is 2.05. The van der Waals surface area contributed by atoms with Crippen LogP contribution in [0.2, 0.25) is 0 Å². The van der Waals surface area contributed by atoms with Crippen LogP contribution < -0.4 is 16.4 Å². The molecule has 0 aliphatic rings. The average Bonchev–Trinajstić information content (AvgIpc) is 2.93. The molecule has 0 atom stereocenters. The van der Waals surface area contributed by atoms with Gasteiger partial charge < -0.3 is 26.0 Å². The van der Waals surface area contributed by atoms with Crippen LogP contribution in [0.1, 0.15) is 25.0 Å². The van der Waals surface area contributed by atoms with Gasteiger partial charge in [-0.1, -0.05) is 12.1 Å². The van der Waals surface area contributed by atoms with E-state index in [4.69, 9.17) is 5.73 Å². The van der Waals surface area contributed by atoms with E-state index in [0.717, 1.165) is 16.8 Å². The summed E-state index contributed by atoms with van der Waals surface area (Å²) < 4.78 is 1.83. The third kappa shape index (κ3) is 4.02. The summed E-state index contributed by atoms with van der Waals surface area (Å²) in [6.07, 6.45) is 1.70. The minimum atomic E-state index is -0.866. The molecule has 0 amide bonds. The lowest BCUT2D eigenvalue weighted by Gasteiger charge is -2.18. The fourth-order valence-corrected chi connectivity index (χ4v) is 2.56. The lowest BCUT2D eigenvalue weighted by atomic mass is 10.1. The van der Waals surface area contributed by atoms with E-state index in [-0.39, 0.29) is 0 Å². The van der Waals surface area contributed by atoms with Gasteiger partial charge >= 0.3 is 0 Å². The second kappa shape index (κ2) is 6.80. The minimum Gasteiger partial charge on any atom is -0.398 e. The van der Waals surface area contributed by atoms with Crippen LogP contribution in [-0.2, 0) is 13.6 Å². The number of anilines is 3. The first-order chi connectivity index (χ1) is 12.2. The summed E-state index contributed by atoms with van der Waals surface area (Å²) in [5.74, 6) is 1.05. The van der Waals surface area contributed by atoms with Crippen LogP contribution in [0.3, 0.4) is 0 Å². The first-order valence-electron chi connectivity index (χ1n) is 8.47. The number of benzene rings is 1. The molecular weight excluding hydrogens is 330 g/mol. The molecule has 2 aromatic heterocycles. The second-order valence-electron chi connectivity index (χ2n) is 7.15. The van der Waals surface area contributed by atoms with Gasteiger partial charge in [0.2, 0.25) is 5.95 Å². The highest BCUT2D eigenvalue weighted by atomic mass is 16.3. The Morgan fingerprint density at radius 1 is 1.23 bits per heavy atom. The topological polar surface area (TPSA) is 114 Å². The normalized spacial score (nSPS) is 11.7. The van der Waals surface area contributed by atoms with E-state index in [1.165, 1.54) is 0 Å². The van der Waals surface area contributed by atoms with E-state index in [9.17, 15) is 5.11 Å². The van der Waals surface area contributed by atoms with E-state index < -0.39 is 5.60 Å². The lowest BCUT2D eigenvalue weighted by molar-refractivity contribution is 0.0943. The standard InChI is InChI=1S/C18H25N7O/c1-11-5-6-12(13(19)7-11)8-20-15-14-16(25(4)10-22-14)24-17(23-15)21-9-18(2,3)26/h5-7,10,26H,8-9,19H2,1-4H3,(H2,20,21,23,24). The summed E-state index contributed by atoms with van der Waals surface area (Å²) in [6.45, 7) is 6.32. The molecule has 0 spiro atoms. The Balaban J connectivity index is 1.88. The van der Waals surface area contributed by atoms with Gasteiger partial charge in [-0.05, 0) is 38.0 Å². The Hall–Kier alpha value is -2.87. The fourth-order valence-electron chi connectivity index (χ4n) is 2.56. The van der Waals surface area contributed by atoms with Gasteiger partial charge in [-0.25, -0.2) is 4.98 Å². The van der Waals surface area contributed by atoms with Crippen molar-refractivity contribution in [1.29, 1.82) is 0 Å². The number of hydrogen-bond donors (Lipinski definition) is 4. The summed E-state index contributed by atoms with van der Waals surface area (Å²) in [4.78, 5) is 13.4. The molecule has 0 saturated carbocycles. The zero-order valence-corrected chi connectivity index (χ0v) is 15.5. The molecule has 5 N–H and O–H groups in total. The smallest absolute Gasteiger partial charge is 0.226 e. The van der Waals surface area contributed by atoms with Crippen molar-refractivity contribution >= 4 is 28.6 Å². The van der Waals surface area contributed by atoms with E-state index >= 15 is 0 Å². The van der Waals surface area contributed by atoms with Crippen LogP contribution in [0.5, 0.6) is 0 Å². The van der Waals surface area contributed by atoms with Crippen LogP contribution in [0.15, 0.2) is 24.5 Å². The zero-order valence-electron chi connectivity index (χ0n) is 15.5. The Kier molecular flexibility index (Phi) is 4.69. The van der Waals surface area contributed by atoms with E-state index in [2.05, 4.69) is 25.6 Å². The summed E-state index contributed by atoms with van der Waals surface area (Å²) in [7, 11) is 1.88. The first kappa shape index (κ1) is 17.9. The minimum absolute atomic E-state index is 0.334. The number of nitrogens with zero attached hydrogens (tertiary/aromatic N) is 4. The van der Waals surface area contributed by atoms with Crippen LogP contribution in [0.25, 0.3) is 11.2 Å². The van der Waals surface area contributed by atoms with Gasteiger partial charge in [0.15, 0.2) is 17.0 Å². The maximum Gasteiger partial charge on any atom is 0.226 e. The Morgan fingerprint density at radius 2 is 2.00 bits per heavy atom. The van der Waals surface area contributed by atoms with Crippen molar-refractivity contribution in [2.24, 2.45) is 7.05 Å². The van der Waals surface area contributed by atoms with Crippen LogP contribution >= 0.6 is 0 Å². The highest BCUT2D eigenvalue weighted by molar-refractivity contribution is 5.84. The first-order valence-corrected chi connectivity index (χ1v) is 8.47. The molecule has 3 aromatic rings. The van der Waals surface area contributed by atoms with Crippen molar-refractivity contribution in [2.75, 3.05) is 22.9 Å². The number of aliphatic hydroxyl groups is 1. The van der Waals surface area contributed by atoms with Crippen molar-refractivity contribution in [1.82, 2.24) is 19.5 Å². The van der Waals surface area contributed by atoms with Crippen molar-refractivity contribution in [3.63, 3.8) is 0 Å². The van der Waals surface area contributed by atoms with Gasteiger partial charge in [0.25, 0.3) is 0 Å². The zero-order chi connectivity index (χ0) is 18.9. The van der Waals surface area contributed by atoms with Gasteiger partial charge in [0, 0.05) is 25.8 Å². The summed E-state index contributed by atoms with van der Waals surface area (Å²) in [5.41, 5.74) is 9.48. The van der Waals surface area contributed by atoms with Crippen LogP contribution in [0.4, 0.5) is 17.5 Å². The number of fused-ring (bicyclic) bond motifs is 1. The number of aryl methyl sites for hydroxylation is 2. The van der Waals surface area contributed by atoms with Gasteiger partial charge in [-0.2, -0.15) is 9.97 Å². The second-order valence-corrected chi connectivity index (χ2v) is 7.15. The Bertz CT molecular complexity index is 927. The number of nitrogens with one attached hydrogen (secondary N) is 2. The quantitative estimate of drug-likeness (QED) is 0.500. The van der Waals surface area contributed by atoms with Crippen molar-refractivity contribution in [2.45, 2.75) is 32.9 Å². The fraction of sp³-hybridized carbons (Fsp3) is 0.389. The summed E-state index contributed by atoms with van der Waals surface area (Å²) in [6, 6.07) is 5.98. The monoisotopic (exact) mass is 355 g/mol. The SMILES string of the molecule is Cc1ccc(CNc2nc(NCC(C)(C)O)nc3c2ncn3C)c(N)c1. The number of aromatic nitrogens is 4. The van der Waals surface area contributed by atoms with Gasteiger partial charge in [-0.3, -0.25) is 0 Å². The van der Waals surface area contributed by atoms with Crippen molar-refractivity contribution < 1.29 is 5.11 Å². The average molecular weight is 355 g/mol. The molecular formula is C18H25N7O. The van der Waals surface area contributed by atoms with Gasteiger partial charge in [-0.15, -0.1) is 0 Å². The van der Waals surface area contributed by atoms with Gasteiger partial charge in [0.05, 0.1) is 11.9 Å². The molecule has 26 heavy (non-hydrogen) atoms. The number of nitrogens with two attached hydrogens (primary N) is 1. The number of nitrogen functional groups attached to an aromatic ring is 1.